The van der Waals surface area contributed by atoms with Crippen LogP contribution in [0.5, 0.6) is 0 Å². The Morgan fingerprint density at radius 3 is 2.88 bits per heavy atom. The van der Waals surface area contributed by atoms with Gasteiger partial charge >= 0.3 is 5.97 Å². The molecule has 0 radical (unpaired) electrons. The highest BCUT2D eigenvalue weighted by atomic mass is 32.2. The van der Waals surface area contributed by atoms with Crippen LogP contribution in [0.25, 0.3) is 0 Å². The van der Waals surface area contributed by atoms with Crippen molar-refractivity contribution < 1.29 is 18.2 Å². The van der Waals surface area contributed by atoms with Gasteiger partial charge in [0.1, 0.15) is 0 Å². The quantitative estimate of drug-likeness (QED) is 0.743. The number of furan rings is 1. The van der Waals surface area contributed by atoms with Crippen molar-refractivity contribution >= 4 is 16.8 Å². The van der Waals surface area contributed by atoms with Crippen molar-refractivity contribution in [2.45, 2.75) is 6.54 Å². The summed E-state index contributed by atoms with van der Waals surface area (Å²) in [5.41, 5.74) is 0.824. The van der Waals surface area contributed by atoms with Gasteiger partial charge in [-0.1, -0.05) is 0 Å². The fourth-order valence-electron chi connectivity index (χ4n) is 1.81. The standard InChI is InChI=1S/C11H15NO4S/c1-15-11(13)10-9(2-5-16-10)8-12-3-6-17(14)7-4-12/h2,5H,3-4,6-8H2,1H3. The summed E-state index contributed by atoms with van der Waals surface area (Å²) in [6.45, 7) is 2.22. The van der Waals surface area contributed by atoms with Crippen LogP contribution in [0.2, 0.25) is 0 Å². The highest BCUT2D eigenvalue weighted by Gasteiger charge is 2.20. The van der Waals surface area contributed by atoms with Gasteiger partial charge in [0.15, 0.2) is 0 Å². The van der Waals surface area contributed by atoms with Crippen LogP contribution in [0.1, 0.15) is 16.1 Å². The van der Waals surface area contributed by atoms with Crippen LogP contribution in [0.3, 0.4) is 0 Å². The summed E-state index contributed by atoms with van der Waals surface area (Å²) in [6.07, 6.45) is 1.49. The fourth-order valence-corrected chi connectivity index (χ4v) is 2.93. The lowest BCUT2D eigenvalue weighted by molar-refractivity contribution is 0.0562. The minimum Gasteiger partial charge on any atom is -0.463 e. The Bertz CT molecular complexity index is 419. The number of carbonyl (C=O) groups is 1. The first-order valence-electron chi connectivity index (χ1n) is 5.42. The maximum Gasteiger partial charge on any atom is 0.374 e. The molecule has 17 heavy (non-hydrogen) atoms. The Kier molecular flexibility index (Phi) is 3.96. The van der Waals surface area contributed by atoms with E-state index in [0.29, 0.717) is 18.1 Å². The third-order valence-corrected chi connectivity index (χ3v) is 4.06. The predicted octanol–water partition coefficient (Wildman–Crippen LogP) is 0.631. The molecule has 1 fully saturated rings. The van der Waals surface area contributed by atoms with Gasteiger partial charge in [-0.05, 0) is 6.07 Å². The second-order valence-electron chi connectivity index (χ2n) is 3.89. The minimum absolute atomic E-state index is 0.263. The molecular weight excluding hydrogens is 242 g/mol. The summed E-state index contributed by atoms with van der Waals surface area (Å²) in [7, 11) is 0.650. The molecule has 1 saturated heterocycles. The molecule has 0 amide bonds. The van der Waals surface area contributed by atoms with Gasteiger partial charge in [-0.25, -0.2) is 4.79 Å². The molecule has 2 rings (SSSR count). The summed E-state index contributed by atoms with van der Waals surface area (Å²) in [4.78, 5) is 13.6. The van der Waals surface area contributed by atoms with E-state index in [0.717, 1.165) is 18.7 Å². The molecule has 0 aliphatic carbocycles. The number of carbonyl (C=O) groups excluding carboxylic acids is 1. The van der Waals surface area contributed by atoms with Crippen LogP contribution in [0, 0.1) is 0 Å². The normalized spacial score (nSPS) is 18.2. The molecule has 5 nitrogen and oxygen atoms in total. The number of hydrogen-bond donors (Lipinski definition) is 0. The number of nitrogens with zero attached hydrogens (tertiary/aromatic N) is 1. The van der Waals surface area contributed by atoms with Crippen LogP contribution in [0.15, 0.2) is 16.7 Å². The molecule has 0 spiro atoms. The van der Waals surface area contributed by atoms with Crippen LogP contribution in [-0.4, -0.2) is 46.8 Å². The summed E-state index contributed by atoms with van der Waals surface area (Å²) in [6, 6.07) is 1.78. The lowest BCUT2D eigenvalue weighted by atomic mass is 10.2. The van der Waals surface area contributed by atoms with Crippen molar-refractivity contribution in [1.29, 1.82) is 0 Å². The third kappa shape index (κ3) is 2.95. The van der Waals surface area contributed by atoms with Gasteiger partial charge in [-0.15, -0.1) is 0 Å². The molecule has 0 N–H and O–H groups in total. The van der Waals surface area contributed by atoms with E-state index in [4.69, 9.17) is 4.42 Å². The fraction of sp³-hybridized carbons (Fsp3) is 0.545. The van der Waals surface area contributed by atoms with Gasteiger partial charge in [0.05, 0.1) is 13.4 Å². The lowest BCUT2D eigenvalue weighted by Crippen LogP contribution is -2.37. The Hall–Kier alpha value is -1.14. The molecule has 6 heteroatoms. The molecule has 1 aliphatic heterocycles. The Morgan fingerprint density at radius 2 is 2.24 bits per heavy atom. The zero-order chi connectivity index (χ0) is 12.3. The second kappa shape index (κ2) is 5.46. The van der Waals surface area contributed by atoms with E-state index in [1.807, 2.05) is 0 Å². The SMILES string of the molecule is COC(=O)c1occc1CN1CCS(=O)CC1. The third-order valence-electron chi connectivity index (χ3n) is 2.78. The van der Waals surface area contributed by atoms with E-state index >= 15 is 0 Å². The number of rotatable bonds is 3. The van der Waals surface area contributed by atoms with Gasteiger partial charge in [-0.2, -0.15) is 0 Å². The molecule has 0 bridgehead atoms. The van der Waals surface area contributed by atoms with Gasteiger partial charge in [0.2, 0.25) is 5.76 Å². The second-order valence-corrected chi connectivity index (χ2v) is 5.59. The first-order chi connectivity index (χ1) is 8.20. The first kappa shape index (κ1) is 12.3. The van der Waals surface area contributed by atoms with Gasteiger partial charge in [0, 0.05) is 47.5 Å². The van der Waals surface area contributed by atoms with Crippen molar-refractivity contribution in [2.24, 2.45) is 0 Å². The summed E-state index contributed by atoms with van der Waals surface area (Å²) >= 11 is 0. The molecule has 0 saturated carbocycles. The molecule has 1 aromatic rings. The number of esters is 1. The van der Waals surface area contributed by atoms with Gasteiger partial charge in [-0.3, -0.25) is 9.11 Å². The molecule has 1 aliphatic rings. The Balaban J connectivity index is 2.01. The molecule has 0 aromatic carbocycles. The molecular formula is C11H15NO4S. The molecule has 94 valence electrons. The first-order valence-corrected chi connectivity index (χ1v) is 6.91. The molecule has 2 heterocycles. The molecule has 0 atom stereocenters. The minimum atomic E-state index is -0.682. The van der Waals surface area contributed by atoms with E-state index in [1.54, 1.807) is 6.07 Å². The molecule has 1 aromatic heterocycles. The average molecular weight is 257 g/mol. The van der Waals surface area contributed by atoms with E-state index in [1.165, 1.54) is 13.4 Å². The highest BCUT2D eigenvalue weighted by Crippen LogP contribution is 2.15. The zero-order valence-corrected chi connectivity index (χ0v) is 10.5. The average Bonchev–Trinajstić information content (AvgIpc) is 2.79. The van der Waals surface area contributed by atoms with Crippen molar-refractivity contribution in [2.75, 3.05) is 31.7 Å². The van der Waals surface area contributed by atoms with E-state index < -0.39 is 16.8 Å². The van der Waals surface area contributed by atoms with Gasteiger partial charge in [0.25, 0.3) is 0 Å². The maximum absolute atomic E-state index is 11.4. The number of ether oxygens (including phenoxy) is 1. The maximum atomic E-state index is 11.4. The number of hydrogen-bond acceptors (Lipinski definition) is 5. The van der Waals surface area contributed by atoms with E-state index in [-0.39, 0.29) is 5.76 Å². The monoisotopic (exact) mass is 257 g/mol. The van der Waals surface area contributed by atoms with E-state index in [9.17, 15) is 9.00 Å². The van der Waals surface area contributed by atoms with Crippen molar-refractivity contribution in [3.05, 3.63) is 23.7 Å². The van der Waals surface area contributed by atoms with Gasteiger partial charge < -0.3 is 9.15 Å². The zero-order valence-electron chi connectivity index (χ0n) is 9.68. The van der Waals surface area contributed by atoms with E-state index in [2.05, 4.69) is 9.64 Å². The van der Waals surface area contributed by atoms with Crippen molar-refractivity contribution in [3.63, 3.8) is 0 Å². The lowest BCUT2D eigenvalue weighted by Gasteiger charge is -2.25. The van der Waals surface area contributed by atoms with Crippen LogP contribution in [-0.2, 0) is 22.1 Å². The van der Waals surface area contributed by atoms with Crippen LogP contribution in [0.4, 0.5) is 0 Å². The largest absolute Gasteiger partial charge is 0.463 e. The van der Waals surface area contributed by atoms with Crippen LogP contribution < -0.4 is 0 Å². The summed E-state index contributed by atoms with van der Waals surface area (Å²) in [5, 5.41) is 0. The predicted molar refractivity (Wildman–Crippen MR) is 63.2 cm³/mol. The van der Waals surface area contributed by atoms with Crippen molar-refractivity contribution in [1.82, 2.24) is 4.90 Å². The smallest absolute Gasteiger partial charge is 0.374 e. The summed E-state index contributed by atoms with van der Waals surface area (Å²) in [5.74, 6) is 1.21. The Labute approximate surface area is 102 Å². The molecule has 0 unspecified atom stereocenters. The Morgan fingerprint density at radius 1 is 1.53 bits per heavy atom. The van der Waals surface area contributed by atoms with Crippen LogP contribution >= 0.6 is 0 Å². The topological polar surface area (TPSA) is 59.8 Å². The highest BCUT2D eigenvalue weighted by molar-refractivity contribution is 7.85. The number of methoxy groups -OCH3 is 1. The van der Waals surface area contributed by atoms with Crippen molar-refractivity contribution in [3.8, 4) is 0 Å². The summed E-state index contributed by atoms with van der Waals surface area (Å²) < 4.78 is 21.0.